The van der Waals surface area contributed by atoms with E-state index in [0.29, 0.717) is 22.6 Å². The number of aromatic amines is 1. The number of hydrogen-bond donors (Lipinski definition) is 1. The van der Waals surface area contributed by atoms with E-state index in [1.165, 1.54) is 6.07 Å². The molecule has 142 valence electrons. The fourth-order valence-electron chi connectivity index (χ4n) is 2.72. The van der Waals surface area contributed by atoms with E-state index in [4.69, 9.17) is 9.47 Å². The minimum Gasteiger partial charge on any atom is -0.461 e. The lowest BCUT2D eigenvalue weighted by Gasteiger charge is -2.06. The van der Waals surface area contributed by atoms with Gasteiger partial charge in [0.15, 0.2) is 5.69 Å². The number of hydrogen-bond acceptors (Lipinski definition) is 7. The summed E-state index contributed by atoms with van der Waals surface area (Å²) in [4.78, 5) is 12.0. The molecule has 10 heteroatoms. The van der Waals surface area contributed by atoms with E-state index in [1.54, 1.807) is 49.4 Å². The number of H-pyrrole nitrogens is 1. The number of carbonyl (C=O) groups excluding carboxylic acids is 1. The molecule has 3 aromatic rings. The normalized spacial score (nSPS) is 14.2. The molecule has 0 saturated heterocycles. The number of carbonyl (C=O) groups is 1. The van der Waals surface area contributed by atoms with Gasteiger partial charge < -0.3 is 9.47 Å². The molecule has 0 radical (unpaired) electrons. The summed E-state index contributed by atoms with van der Waals surface area (Å²) in [6.45, 7) is 1.93. The molecule has 1 aliphatic rings. The summed E-state index contributed by atoms with van der Waals surface area (Å²) in [6, 6.07) is 13.0. The van der Waals surface area contributed by atoms with Crippen molar-refractivity contribution >= 4 is 21.9 Å². The summed E-state index contributed by atoms with van der Waals surface area (Å²) < 4.78 is 38.5. The average molecular weight is 398 g/mol. The molecule has 0 atom stereocenters. The molecule has 1 N–H and O–H groups in total. The van der Waals surface area contributed by atoms with Gasteiger partial charge in [-0.25, -0.2) is 4.79 Å². The molecule has 4 rings (SSSR count). The first kappa shape index (κ1) is 17.9. The summed E-state index contributed by atoms with van der Waals surface area (Å²) in [7, 11) is -3.75. The number of rotatable bonds is 4. The van der Waals surface area contributed by atoms with Gasteiger partial charge in [0.1, 0.15) is 16.3 Å². The lowest BCUT2D eigenvalue weighted by atomic mass is 10.1. The first-order valence-corrected chi connectivity index (χ1v) is 9.74. The van der Waals surface area contributed by atoms with E-state index in [2.05, 4.69) is 19.8 Å². The van der Waals surface area contributed by atoms with Crippen molar-refractivity contribution in [3.8, 4) is 17.0 Å². The zero-order chi connectivity index (χ0) is 19.7. The number of nitrogens with zero attached hydrogens (tertiary/aromatic N) is 3. The summed E-state index contributed by atoms with van der Waals surface area (Å²) in [5.74, 6) is -0.179. The maximum atomic E-state index is 12.1. The number of fused-ring (bicyclic) bond motifs is 1. The van der Waals surface area contributed by atoms with Gasteiger partial charge in [-0.15, -0.1) is 9.50 Å². The van der Waals surface area contributed by atoms with Crippen molar-refractivity contribution in [2.24, 2.45) is 4.40 Å². The molecule has 0 amide bonds. The van der Waals surface area contributed by atoms with Crippen LogP contribution in [0.5, 0.6) is 5.75 Å². The van der Waals surface area contributed by atoms with Gasteiger partial charge in [0.05, 0.1) is 12.2 Å². The lowest BCUT2D eigenvalue weighted by Crippen LogP contribution is -2.08. The lowest BCUT2D eigenvalue weighted by molar-refractivity contribution is 0.0520. The number of nitrogens with one attached hydrogen (secondary N) is 1. The van der Waals surface area contributed by atoms with Crippen LogP contribution in [0.1, 0.15) is 23.0 Å². The highest BCUT2D eigenvalue weighted by Gasteiger charge is 2.30. The van der Waals surface area contributed by atoms with Crippen molar-refractivity contribution in [1.82, 2.24) is 15.4 Å². The summed E-state index contributed by atoms with van der Waals surface area (Å²) in [5, 5.41) is 10.2. The molecule has 2 heterocycles. The van der Waals surface area contributed by atoms with Crippen molar-refractivity contribution in [3.63, 3.8) is 0 Å². The van der Waals surface area contributed by atoms with Crippen LogP contribution in [0.25, 0.3) is 11.3 Å². The Morgan fingerprint density at radius 1 is 1.07 bits per heavy atom. The zero-order valence-electron chi connectivity index (χ0n) is 14.6. The topological polar surface area (TPSA) is 124 Å². The number of benzene rings is 2. The van der Waals surface area contributed by atoms with Crippen molar-refractivity contribution in [3.05, 3.63) is 59.8 Å². The zero-order valence-corrected chi connectivity index (χ0v) is 15.4. The predicted octanol–water partition coefficient (Wildman–Crippen LogP) is 2.18. The summed E-state index contributed by atoms with van der Waals surface area (Å²) in [6.07, 6.45) is 0. The number of sulfonamides is 1. The second kappa shape index (κ2) is 6.89. The third kappa shape index (κ3) is 3.14. The second-order valence-corrected chi connectivity index (χ2v) is 7.31. The first-order valence-electron chi connectivity index (χ1n) is 8.30. The van der Waals surface area contributed by atoms with Gasteiger partial charge in [0.2, 0.25) is 5.90 Å². The Kier molecular flexibility index (Phi) is 4.40. The van der Waals surface area contributed by atoms with Crippen LogP contribution in [0.4, 0.5) is 0 Å². The third-order valence-corrected chi connectivity index (χ3v) is 5.28. The molecule has 28 heavy (non-hydrogen) atoms. The van der Waals surface area contributed by atoms with Crippen molar-refractivity contribution in [2.75, 3.05) is 6.61 Å². The van der Waals surface area contributed by atoms with E-state index >= 15 is 0 Å². The molecule has 0 unspecified atom stereocenters. The molecule has 0 fully saturated rings. The van der Waals surface area contributed by atoms with Crippen LogP contribution in [0, 0.1) is 0 Å². The van der Waals surface area contributed by atoms with Gasteiger partial charge in [-0.1, -0.05) is 12.1 Å². The Morgan fingerprint density at radius 2 is 1.82 bits per heavy atom. The molecule has 0 saturated carbocycles. The average Bonchev–Trinajstić information content (AvgIpc) is 3.27. The van der Waals surface area contributed by atoms with Crippen molar-refractivity contribution < 1.29 is 22.7 Å². The van der Waals surface area contributed by atoms with E-state index in [0.717, 1.165) is 0 Å². The van der Waals surface area contributed by atoms with E-state index in [-0.39, 0.29) is 23.1 Å². The summed E-state index contributed by atoms with van der Waals surface area (Å²) >= 11 is 0. The standard InChI is InChI=1S/C18H14N4O5S/c1-2-26-18(23)16-15(19-22-20-16)11-7-9-12(10-8-11)27-17-13-5-3-4-6-14(13)28(24,25)21-17/h3-10H,2H2,1H3,(H,19,20,22). The highest BCUT2D eigenvalue weighted by atomic mass is 32.2. The maximum Gasteiger partial charge on any atom is 0.361 e. The fourth-order valence-corrected chi connectivity index (χ4v) is 3.85. The predicted molar refractivity (Wildman–Crippen MR) is 98.6 cm³/mol. The summed E-state index contributed by atoms with van der Waals surface area (Å²) in [5.41, 5.74) is 1.45. The molecule has 9 nitrogen and oxygen atoms in total. The quantitative estimate of drug-likeness (QED) is 0.668. The van der Waals surface area contributed by atoms with Gasteiger partial charge >= 0.3 is 5.97 Å². The van der Waals surface area contributed by atoms with E-state index in [1.807, 2.05) is 0 Å². The third-order valence-electron chi connectivity index (χ3n) is 3.96. The molecular weight excluding hydrogens is 384 g/mol. The van der Waals surface area contributed by atoms with Gasteiger partial charge in [-0.3, -0.25) is 0 Å². The first-order chi connectivity index (χ1) is 13.5. The van der Waals surface area contributed by atoms with Gasteiger partial charge in [-0.05, 0) is 43.3 Å². The Morgan fingerprint density at radius 3 is 2.57 bits per heavy atom. The highest BCUT2D eigenvalue weighted by molar-refractivity contribution is 7.90. The minimum atomic E-state index is -3.75. The fraction of sp³-hybridized carbons (Fsp3) is 0.111. The molecule has 1 aromatic heterocycles. The van der Waals surface area contributed by atoms with Crippen LogP contribution in [0.15, 0.2) is 57.8 Å². The van der Waals surface area contributed by atoms with Crippen LogP contribution in [0.3, 0.4) is 0 Å². The van der Waals surface area contributed by atoms with Crippen molar-refractivity contribution in [2.45, 2.75) is 11.8 Å². The van der Waals surface area contributed by atoms with Gasteiger partial charge in [0, 0.05) is 5.56 Å². The van der Waals surface area contributed by atoms with E-state index in [9.17, 15) is 13.2 Å². The SMILES string of the molecule is CCOC(=O)c1n[nH]nc1-c1ccc(OC2=NS(=O)(=O)c3ccccc32)cc1. The van der Waals surface area contributed by atoms with Gasteiger partial charge in [0.25, 0.3) is 10.0 Å². The molecule has 1 aliphatic heterocycles. The van der Waals surface area contributed by atoms with Crippen molar-refractivity contribution in [1.29, 1.82) is 0 Å². The molecule has 0 bridgehead atoms. The maximum absolute atomic E-state index is 12.1. The Bertz CT molecular complexity index is 1180. The smallest absolute Gasteiger partial charge is 0.361 e. The second-order valence-electron chi connectivity index (χ2n) is 5.74. The van der Waals surface area contributed by atoms with E-state index < -0.39 is 16.0 Å². The number of ether oxygens (including phenoxy) is 2. The molecule has 0 spiro atoms. The van der Waals surface area contributed by atoms with Crippen LogP contribution in [-0.4, -0.2) is 42.3 Å². The minimum absolute atomic E-state index is 0.0111. The monoisotopic (exact) mass is 398 g/mol. The molecule has 0 aliphatic carbocycles. The van der Waals surface area contributed by atoms with Gasteiger partial charge in [-0.2, -0.15) is 18.7 Å². The van der Waals surface area contributed by atoms with Crippen LogP contribution >= 0.6 is 0 Å². The van der Waals surface area contributed by atoms with Crippen LogP contribution < -0.4 is 4.74 Å². The Balaban J connectivity index is 1.59. The Labute approximate surface area is 160 Å². The molecular formula is C18H14N4O5S. The Hall–Kier alpha value is -3.53. The van der Waals surface area contributed by atoms with Crippen LogP contribution in [0.2, 0.25) is 0 Å². The van der Waals surface area contributed by atoms with Crippen LogP contribution in [-0.2, 0) is 14.8 Å². The molecule has 2 aromatic carbocycles. The number of esters is 1. The largest absolute Gasteiger partial charge is 0.461 e. The highest BCUT2D eigenvalue weighted by Crippen LogP contribution is 2.28. The number of aromatic nitrogens is 3.